The Morgan fingerprint density at radius 1 is 0.903 bits per heavy atom. The van der Waals surface area contributed by atoms with Crippen LogP contribution in [-0.2, 0) is 21.4 Å². The molecule has 7 nitrogen and oxygen atoms in total. The van der Waals surface area contributed by atoms with Crippen LogP contribution in [0.25, 0.3) is 0 Å². The van der Waals surface area contributed by atoms with Gasteiger partial charge in [0.2, 0.25) is 10.0 Å². The third kappa shape index (κ3) is 6.31. The Balaban J connectivity index is 1.56. The first-order valence-electron chi connectivity index (χ1n) is 9.62. The van der Waals surface area contributed by atoms with E-state index >= 15 is 0 Å². The van der Waals surface area contributed by atoms with Crippen molar-refractivity contribution >= 4 is 21.6 Å². The van der Waals surface area contributed by atoms with Gasteiger partial charge in [-0.1, -0.05) is 30.3 Å². The molecular weight excluding hydrogens is 416 g/mol. The largest absolute Gasteiger partial charge is 0.497 e. The second-order valence-corrected chi connectivity index (χ2v) is 8.53. The Kier molecular flexibility index (Phi) is 7.28. The molecule has 8 heteroatoms. The van der Waals surface area contributed by atoms with E-state index in [9.17, 15) is 13.2 Å². The van der Waals surface area contributed by atoms with Crippen LogP contribution in [0.5, 0.6) is 11.5 Å². The number of amides is 1. The molecular formula is C23H24N2O5S. The lowest BCUT2D eigenvalue weighted by molar-refractivity contribution is -0.122. The smallest absolute Gasteiger partial charge is 0.265 e. The molecule has 3 rings (SSSR count). The van der Waals surface area contributed by atoms with Gasteiger partial charge in [0.1, 0.15) is 11.5 Å². The average Bonchev–Trinajstić information content (AvgIpc) is 2.79. The van der Waals surface area contributed by atoms with Gasteiger partial charge in [0.15, 0.2) is 6.10 Å². The number of methoxy groups -OCH3 is 1. The molecule has 1 atom stereocenters. The molecule has 0 aliphatic heterocycles. The average molecular weight is 441 g/mol. The van der Waals surface area contributed by atoms with Gasteiger partial charge in [-0.15, -0.1) is 0 Å². The fourth-order valence-corrected chi connectivity index (χ4v) is 3.75. The fourth-order valence-electron chi connectivity index (χ4n) is 2.73. The van der Waals surface area contributed by atoms with Crippen LogP contribution in [0.15, 0.2) is 83.8 Å². The van der Waals surface area contributed by atoms with Crippen molar-refractivity contribution in [1.82, 2.24) is 4.72 Å². The van der Waals surface area contributed by atoms with Gasteiger partial charge in [-0.2, -0.15) is 0 Å². The first-order chi connectivity index (χ1) is 14.9. The number of rotatable bonds is 9. The number of hydrogen-bond donors (Lipinski definition) is 2. The maximum absolute atomic E-state index is 12.5. The minimum Gasteiger partial charge on any atom is -0.497 e. The Labute approximate surface area is 182 Å². The monoisotopic (exact) mass is 440 g/mol. The van der Waals surface area contributed by atoms with E-state index in [0.717, 1.165) is 5.56 Å². The molecule has 0 spiro atoms. The van der Waals surface area contributed by atoms with E-state index in [-0.39, 0.29) is 17.3 Å². The van der Waals surface area contributed by atoms with Gasteiger partial charge in [-0.3, -0.25) is 4.79 Å². The zero-order valence-corrected chi connectivity index (χ0v) is 18.1. The van der Waals surface area contributed by atoms with E-state index in [4.69, 9.17) is 9.47 Å². The van der Waals surface area contributed by atoms with Crippen LogP contribution in [-0.4, -0.2) is 27.5 Å². The summed E-state index contributed by atoms with van der Waals surface area (Å²) in [5.41, 5.74) is 1.33. The summed E-state index contributed by atoms with van der Waals surface area (Å²) in [7, 11) is -2.09. The number of anilines is 1. The van der Waals surface area contributed by atoms with Gasteiger partial charge in [0.25, 0.3) is 5.91 Å². The molecule has 2 N–H and O–H groups in total. The first-order valence-corrected chi connectivity index (χ1v) is 11.1. The maximum atomic E-state index is 12.5. The highest BCUT2D eigenvalue weighted by Gasteiger charge is 2.17. The van der Waals surface area contributed by atoms with Crippen LogP contribution in [0.1, 0.15) is 12.5 Å². The number of benzene rings is 3. The SMILES string of the molecule is COc1ccc(OC(C)C(=O)Nc2ccc(S(=O)(=O)NCc3ccccc3)cc2)cc1. The number of ether oxygens (including phenoxy) is 2. The van der Waals surface area contributed by atoms with Crippen LogP contribution < -0.4 is 19.5 Å². The molecule has 0 saturated heterocycles. The molecule has 3 aromatic rings. The summed E-state index contributed by atoms with van der Waals surface area (Å²) in [6.07, 6.45) is -0.746. The first kappa shape index (κ1) is 22.3. The Morgan fingerprint density at radius 2 is 1.52 bits per heavy atom. The predicted molar refractivity (Wildman–Crippen MR) is 119 cm³/mol. The van der Waals surface area contributed by atoms with E-state index in [1.165, 1.54) is 24.3 Å². The number of nitrogens with one attached hydrogen (secondary N) is 2. The van der Waals surface area contributed by atoms with Crippen LogP contribution >= 0.6 is 0 Å². The molecule has 3 aromatic carbocycles. The molecule has 0 saturated carbocycles. The molecule has 0 radical (unpaired) electrons. The highest BCUT2D eigenvalue weighted by atomic mass is 32.2. The van der Waals surface area contributed by atoms with Gasteiger partial charge < -0.3 is 14.8 Å². The molecule has 0 fully saturated rings. The van der Waals surface area contributed by atoms with Crippen LogP contribution in [0.3, 0.4) is 0 Å². The van der Waals surface area contributed by atoms with Gasteiger partial charge in [-0.05, 0) is 61.0 Å². The van der Waals surface area contributed by atoms with Gasteiger partial charge >= 0.3 is 0 Å². The molecule has 1 unspecified atom stereocenters. The predicted octanol–water partition coefficient (Wildman–Crippen LogP) is 3.58. The molecule has 0 bridgehead atoms. The lowest BCUT2D eigenvalue weighted by atomic mass is 10.2. The summed E-state index contributed by atoms with van der Waals surface area (Å²) < 4.78 is 38.2. The minimum absolute atomic E-state index is 0.115. The van der Waals surface area contributed by atoms with Crippen molar-refractivity contribution in [3.05, 3.63) is 84.4 Å². The van der Waals surface area contributed by atoms with Gasteiger partial charge in [0, 0.05) is 12.2 Å². The quantitative estimate of drug-likeness (QED) is 0.530. The third-order valence-electron chi connectivity index (χ3n) is 4.48. The minimum atomic E-state index is -3.66. The van der Waals surface area contributed by atoms with E-state index in [1.807, 2.05) is 30.3 Å². The number of sulfonamides is 1. The van der Waals surface area contributed by atoms with Crippen molar-refractivity contribution in [3.63, 3.8) is 0 Å². The van der Waals surface area contributed by atoms with Crippen LogP contribution in [0.4, 0.5) is 5.69 Å². The second kappa shape index (κ2) is 10.1. The molecule has 31 heavy (non-hydrogen) atoms. The summed E-state index contributed by atoms with van der Waals surface area (Å²) in [5.74, 6) is 0.876. The number of carbonyl (C=O) groups excluding carboxylic acids is 1. The summed E-state index contributed by atoms with van der Waals surface area (Å²) in [6, 6.07) is 22.1. The van der Waals surface area contributed by atoms with Crippen molar-refractivity contribution < 1.29 is 22.7 Å². The Bertz CT molecular complexity index is 1100. The Hall–Kier alpha value is -3.36. The van der Waals surface area contributed by atoms with E-state index in [1.54, 1.807) is 38.3 Å². The number of carbonyl (C=O) groups is 1. The standard InChI is InChI=1S/C23H24N2O5S/c1-17(30-21-12-10-20(29-2)11-13-21)23(26)25-19-8-14-22(15-9-19)31(27,28)24-16-18-6-4-3-5-7-18/h3-15,17,24H,16H2,1-2H3,(H,25,26). The topological polar surface area (TPSA) is 93.7 Å². The van der Waals surface area contributed by atoms with E-state index < -0.39 is 16.1 Å². The molecule has 1 amide bonds. The van der Waals surface area contributed by atoms with Crippen molar-refractivity contribution in [3.8, 4) is 11.5 Å². The van der Waals surface area contributed by atoms with Crippen molar-refractivity contribution in [2.45, 2.75) is 24.5 Å². The molecule has 0 aromatic heterocycles. The van der Waals surface area contributed by atoms with Crippen molar-refractivity contribution in [2.75, 3.05) is 12.4 Å². The highest BCUT2D eigenvalue weighted by Crippen LogP contribution is 2.19. The van der Waals surface area contributed by atoms with Crippen molar-refractivity contribution in [2.24, 2.45) is 0 Å². The zero-order valence-electron chi connectivity index (χ0n) is 17.2. The fraction of sp³-hybridized carbons (Fsp3) is 0.174. The molecule has 0 aliphatic carbocycles. The van der Waals surface area contributed by atoms with Crippen LogP contribution in [0, 0.1) is 0 Å². The zero-order chi connectivity index (χ0) is 22.3. The van der Waals surface area contributed by atoms with Crippen molar-refractivity contribution in [1.29, 1.82) is 0 Å². The molecule has 162 valence electrons. The lowest BCUT2D eigenvalue weighted by Gasteiger charge is -2.15. The normalized spacial score (nSPS) is 12.1. The summed E-state index contributed by atoms with van der Waals surface area (Å²) in [6.45, 7) is 1.83. The molecule has 0 heterocycles. The second-order valence-electron chi connectivity index (χ2n) is 6.76. The van der Waals surface area contributed by atoms with E-state index in [0.29, 0.717) is 17.2 Å². The highest BCUT2D eigenvalue weighted by molar-refractivity contribution is 7.89. The maximum Gasteiger partial charge on any atom is 0.265 e. The van der Waals surface area contributed by atoms with Gasteiger partial charge in [-0.25, -0.2) is 13.1 Å². The number of hydrogen-bond acceptors (Lipinski definition) is 5. The van der Waals surface area contributed by atoms with Crippen LogP contribution in [0.2, 0.25) is 0 Å². The Morgan fingerprint density at radius 3 is 2.13 bits per heavy atom. The summed E-state index contributed by atoms with van der Waals surface area (Å²) in [4.78, 5) is 12.5. The van der Waals surface area contributed by atoms with Gasteiger partial charge in [0.05, 0.1) is 12.0 Å². The summed E-state index contributed by atoms with van der Waals surface area (Å²) >= 11 is 0. The third-order valence-corrected chi connectivity index (χ3v) is 5.90. The molecule has 0 aliphatic rings. The summed E-state index contributed by atoms with van der Waals surface area (Å²) in [5, 5.41) is 2.72. The van der Waals surface area contributed by atoms with E-state index in [2.05, 4.69) is 10.0 Å². The lowest BCUT2D eigenvalue weighted by Crippen LogP contribution is -2.30.